The number of rotatable bonds is 3. The second-order valence-corrected chi connectivity index (χ2v) is 1.75. The van der Waals surface area contributed by atoms with Crippen LogP contribution >= 0.6 is 11.6 Å². The van der Waals surface area contributed by atoms with Crippen LogP contribution in [-0.2, 0) is 14.3 Å². The second kappa shape index (κ2) is 5.05. The first kappa shape index (κ1) is 9.23. The van der Waals surface area contributed by atoms with Gasteiger partial charge < -0.3 is 10.1 Å². The van der Waals surface area contributed by atoms with Gasteiger partial charge in [0.2, 0.25) is 5.91 Å². The summed E-state index contributed by atoms with van der Waals surface area (Å²) in [6.07, 6.45) is 0. The molecule has 0 heterocycles. The zero-order valence-corrected chi connectivity index (χ0v) is 6.27. The molecule has 4 nitrogen and oxygen atoms in total. The van der Waals surface area contributed by atoms with Crippen LogP contribution in [0, 0.1) is 0 Å². The molecule has 0 aromatic rings. The maximum Gasteiger partial charge on any atom is 0.325 e. The Labute approximate surface area is 63.5 Å². The van der Waals surface area contributed by atoms with Gasteiger partial charge in [-0.05, 0) is 0 Å². The van der Waals surface area contributed by atoms with Crippen molar-refractivity contribution in [2.24, 2.45) is 0 Å². The molecule has 10 heavy (non-hydrogen) atoms. The van der Waals surface area contributed by atoms with E-state index in [4.69, 9.17) is 11.6 Å². The van der Waals surface area contributed by atoms with Crippen molar-refractivity contribution in [2.45, 2.75) is 0 Å². The molecule has 1 amide bonds. The van der Waals surface area contributed by atoms with Crippen molar-refractivity contribution in [3.8, 4) is 0 Å². The molecule has 0 spiro atoms. The summed E-state index contributed by atoms with van der Waals surface area (Å²) in [6, 6.07) is 0. The van der Waals surface area contributed by atoms with Crippen molar-refractivity contribution >= 4 is 23.5 Å². The van der Waals surface area contributed by atoms with Crippen molar-refractivity contribution in [3.63, 3.8) is 0 Å². The average Bonchev–Trinajstić information content (AvgIpc) is 1.99. The van der Waals surface area contributed by atoms with E-state index in [1.807, 2.05) is 0 Å². The van der Waals surface area contributed by atoms with Gasteiger partial charge in [0, 0.05) is 0 Å². The Morgan fingerprint density at radius 2 is 2.20 bits per heavy atom. The van der Waals surface area contributed by atoms with Crippen LogP contribution in [-0.4, -0.2) is 31.4 Å². The van der Waals surface area contributed by atoms with Gasteiger partial charge in [0.15, 0.2) is 0 Å². The van der Waals surface area contributed by atoms with Gasteiger partial charge in [0.1, 0.15) is 12.4 Å². The number of hydrogen-bond donors (Lipinski definition) is 1. The predicted octanol–water partition coefficient (Wildman–Crippen LogP) is -0.486. The molecule has 0 saturated carbocycles. The van der Waals surface area contributed by atoms with Gasteiger partial charge in [-0.25, -0.2) is 0 Å². The Morgan fingerprint density at radius 1 is 1.60 bits per heavy atom. The molecule has 0 aliphatic heterocycles. The molecule has 0 unspecified atom stereocenters. The van der Waals surface area contributed by atoms with E-state index in [-0.39, 0.29) is 18.3 Å². The number of amides is 1. The van der Waals surface area contributed by atoms with Crippen molar-refractivity contribution in [2.75, 3.05) is 19.5 Å². The minimum absolute atomic E-state index is 0.123. The number of ether oxygens (including phenoxy) is 1. The molecule has 1 N–H and O–H groups in total. The van der Waals surface area contributed by atoms with Crippen LogP contribution in [0.15, 0.2) is 0 Å². The van der Waals surface area contributed by atoms with E-state index in [1.165, 1.54) is 7.11 Å². The third kappa shape index (κ3) is 4.14. The highest BCUT2D eigenvalue weighted by atomic mass is 35.5. The van der Waals surface area contributed by atoms with E-state index in [0.29, 0.717) is 0 Å². The predicted molar refractivity (Wildman–Crippen MR) is 35.7 cm³/mol. The molecule has 5 heteroatoms. The monoisotopic (exact) mass is 165 g/mol. The third-order valence-corrected chi connectivity index (χ3v) is 1.02. The van der Waals surface area contributed by atoms with Crippen LogP contribution in [0.2, 0.25) is 0 Å². The van der Waals surface area contributed by atoms with E-state index in [2.05, 4.69) is 10.1 Å². The first-order valence-electron chi connectivity index (χ1n) is 2.60. The summed E-state index contributed by atoms with van der Waals surface area (Å²) in [5.41, 5.74) is 0. The molecule has 0 saturated heterocycles. The summed E-state index contributed by atoms with van der Waals surface area (Å²) in [4.78, 5) is 20.7. The molecule has 0 atom stereocenters. The molecule has 0 radical (unpaired) electrons. The van der Waals surface area contributed by atoms with E-state index in [1.54, 1.807) is 0 Å². The zero-order chi connectivity index (χ0) is 7.98. The Bertz CT molecular complexity index is 121. The lowest BCUT2D eigenvalue weighted by molar-refractivity contribution is -0.140. The molecule has 58 valence electrons. The Morgan fingerprint density at radius 3 is 2.60 bits per heavy atom. The topological polar surface area (TPSA) is 55.4 Å². The number of nitrogens with one attached hydrogen (secondary N) is 1. The van der Waals surface area contributed by atoms with Crippen molar-refractivity contribution in [3.05, 3.63) is 0 Å². The number of esters is 1. The van der Waals surface area contributed by atoms with Gasteiger partial charge in [0.25, 0.3) is 0 Å². The number of alkyl halides is 1. The van der Waals surface area contributed by atoms with Gasteiger partial charge >= 0.3 is 5.97 Å². The highest BCUT2D eigenvalue weighted by Gasteiger charge is 2.01. The van der Waals surface area contributed by atoms with Crippen LogP contribution < -0.4 is 5.32 Å². The highest BCUT2D eigenvalue weighted by Crippen LogP contribution is 1.74. The van der Waals surface area contributed by atoms with Crippen LogP contribution in [0.25, 0.3) is 0 Å². The molecular formula is C5H8ClNO3. The van der Waals surface area contributed by atoms with E-state index >= 15 is 0 Å². The number of hydrogen-bond acceptors (Lipinski definition) is 3. The fourth-order valence-corrected chi connectivity index (χ4v) is 0.385. The standard InChI is InChI=1S/C5H8ClNO3/c1-10-5(9)3-7-4(8)2-6/h2-3H2,1H3,(H,7,8). The molecule has 0 fully saturated rings. The number of methoxy groups -OCH3 is 1. The first-order chi connectivity index (χ1) is 4.70. The van der Waals surface area contributed by atoms with Crippen LogP contribution in [0.4, 0.5) is 0 Å². The molecule has 0 bridgehead atoms. The van der Waals surface area contributed by atoms with Crippen molar-refractivity contribution in [1.82, 2.24) is 5.32 Å². The highest BCUT2D eigenvalue weighted by molar-refractivity contribution is 6.27. The third-order valence-electron chi connectivity index (χ3n) is 0.779. The summed E-state index contributed by atoms with van der Waals surface area (Å²) < 4.78 is 4.25. The lowest BCUT2D eigenvalue weighted by atomic mass is 10.6. The maximum absolute atomic E-state index is 10.4. The van der Waals surface area contributed by atoms with Gasteiger partial charge in [-0.3, -0.25) is 9.59 Å². The molecule has 0 aliphatic rings. The summed E-state index contributed by atoms with van der Waals surface area (Å²) in [5.74, 6) is -1.01. The van der Waals surface area contributed by atoms with Gasteiger partial charge in [-0.1, -0.05) is 0 Å². The second-order valence-electron chi connectivity index (χ2n) is 1.49. The van der Waals surface area contributed by atoms with Crippen LogP contribution in [0.5, 0.6) is 0 Å². The Hall–Kier alpha value is -0.770. The van der Waals surface area contributed by atoms with Gasteiger partial charge in [-0.15, -0.1) is 11.6 Å². The summed E-state index contributed by atoms with van der Waals surface area (Å²) in [5, 5.41) is 2.24. The normalized spacial score (nSPS) is 8.60. The molecule has 0 aromatic carbocycles. The van der Waals surface area contributed by atoms with E-state index < -0.39 is 5.97 Å². The SMILES string of the molecule is COC(=O)CNC(=O)CCl. The largest absolute Gasteiger partial charge is 0.468 e. The summed E-state index contributed by atoms with van der Waals surface area (Å²) >= 11 is 5.11. The average molecular weight is 166 g/mol. The summed E-state index contributed by atoms with van der Waals surface area (Å²) in [6.45, 7) is -0.123. The molecule has 0 aliphatic carbocycles. The molecule has 0 rings (SSSR count). The fraction of sp³-hybridized carbons (Fsp3) is 0.600. The van der Waals surface area contributed by atoms with Crippen molar-refractivity contribution in [1.29, 1.82) is 0 Å². The van der Waals surface area contributed by atoms with E-state index in [0.717, 1.165) is 0 Å². The maximum atomic E-state index is 10.4. The quantitative estimate of drug-likeness (QED) is 0.454. The minimum Gasteiger partial charge on any atom is -0.468 e. The minimum atomic E-state index is -0.488. The Kier molecular flexibility index (Phi) is 4.66. The lowest BCUT2D eigenvalue weighted by Gasteiger charge is -1.99. The van der Waals surface area contributed by atoms with Crippen LogP contribution in [0.1, 0.15) is 0 Å². The van der Waals surface area contributed by atoms with Crippen LogP contribution in [0.3, 0.4) is 0 Å². The lowest BCUT2D eigenvalue weighted by Crippen LogP contribution is -2.30. The summed E-state index contributed by atoms with van der Waals surface area (Å²) in [7, 11) is 1.25. The Balaban J connectivity index is 3.35. The fourth-order valence-electron chi connectivity index (χ4n) is 0.290. The van der Waals surface area contributed by atoms with Crippen molar-refractivity contribution < 1.29 is 14.3 Å². The number of carbonyl (C=O) groups excluding carboxylic acids is 2. The first-order valence-corrected chi connectivity index (χ1v) is 3.13. The molecular weight excluding hydrogens is 158 g/mol. The zero-order valence-electron chi connectivity index (χ0n) is 5.52. The number of carbonyl (C=O) groups is 2. The molecule has 0 aromatic heterocycles. The van der Waals surface area contributed by atoms with Gasteiger partial charge in [-0.2, -0.15) is 0 Å². The smallest absolute Gasteiger partial charge is 0.325 e. The van der Waals surface area contributed by atoms with Gasteiger partial charge in [0.05, 0.1) is 7.11 Å². The van der Waals surface area contributed by atoms with E-state index in [9.17, 15) is 9.59 Å². The number of halogens is 1.